The van der Waals surface area contributed by atoms with Crippen molar-refractivity contribution in [1.82, 2.24) is 5.32 Å². The molecule has 1 fully saturated rings. The fraction of sp³-hybridized carbons (Fsp3) is 0.500. The molecule has 4 heteroatoms. The Morgan fingerprint density at radius 1 is 1.56 bits per heavy atom. The highest BCUT2D eigenvalue weighted by atomic mass is 79.9. The summed E-state index contributed by atoms with van der Waals surface area (Å²) in [6.45, 7) is 4.05. The Morgan fingerprint density at radius 3 is 3.11 bits per heavy atom. The largest absolute Gasteiger partial charge is 0.326 e. The molecule has 0 saturated carbocycles. The van der Waals surface area contributed by atoms with E-state index in [-0.39, 0.29) is 5.91 Å². The predicted octanol–water partition coefficient (Wildman–Crippen LogP) is 3.09. The van der Waals surface area contributed by atoms with Crippen molar-refractivity contribution in [2.24, 2.45) is 5.92 Å². The molecule has 1 heterocycles. The molecule has 1 saturated heterocycles. The molecule has 2 rings (SSSR count). The molecule has 0 aliphatic carbocycles. The summed E-state index contributed by atoms with van der Waals surface area (Å²) in [6.07, 6.45) is 2.94. The van der Waals surface area contributed by atoms with Gasteiger partial charge in [0.2, 0.25) is 5.91 Å². The van der Waals surface area contributed by atoms with E-state index in [1.54, 1.807) is 0 Å². The van der Waals surface area contributed by atoms with Crippen LogP contribution in [0.3, 0.4) is 0 Å². The molecule has 1 aliphatic heterocycles. The number of aryl methyl sites for hydroxylation is 1. The molecule has 98 valence electrons. The normalized spacial score (nSPS) is 19.6. The van der Waals surface area contributed by atoms with Gasteiger partial charge in [-0.1, -0.05) is 22.0 Å². The number of carbonyl (C=O) groups is 1. The Bertz CT molecular complexity index is 428. The maximum atomic E-state index is 12.0. The highest BCUT2D eigenvalue weighted by Gasteiger charge is 2.17. The minimum Gasteiger partial charge on any atom is -0.326 e. The van der Waals surface area contributed by atoms with Crippen LogP contribution in [0.1, 0.15) is 24.8 Å². The molecule has 1 atom stereocenters. The number of hydrogen-bond donors (Lipinski definition) is 2. The summed E-state index contributed by atoms with van der Waals surface area (Å²) in [4.78, 5) is 12.0. The third kappa shape index (κ3) is 3.82. The number of nitrogens with one attached hydrogen (secondary N) is 2. The van der Waals surface area contributed by atoms with E-state index in [2.05, 4.69) is 26.6 Å². The number of hydrogen-bond acceptors (Lipinski definition) is 2. The molecule has 1 unspecified atom stereocenters. The molecule has 0 spiro atoms. The van der Waals surface area contributed by atoms with Gasteiger partial charge < -0.3 is 10.6 Å². The Hall–Kier alpha value is -0.870. The van der Waals surface area contributed by atoms with Gasteiger partial charge in [-0.2, -0.15) is 0 Å². The van der Waals surface area contributed by atoms with E-state index in [0.29, 0.717) is 12.3 Å². The van der Waals surface area contributed by atoms with Gasteiger partial charge >= 0.3 is 0 Å². The average Bonchev–Trinajstić information content (AvgIpc) is 2.35. The molecular weight excluding hydrogens is 292 g/mol. The molecule has 0 aromatic heterocycles. The first-order valence-corrected chi connectivity index (χ1v) is 7.21. The van der Waals surface area contributed by atoms with Crippen LogP contribution >= 0.6 is 15.9 Å². The maximum absolute atomic E-state index is 12.0. The van der Waals surface area contributed by atoms with E-state index >= 15 is 0 Å². The third-order valence-electron chi connectivity index (χ3n) is 3.35. The maximum Gasteiger partial charge on any atom is 0.224 e. The first-order chi connectivity index (χ1) is 8.65. The van der Waals surface area contributed by atoms with Crippen LogP contribution in [0.5, 0.6) is 0 Å². The van der Waals surface area contributed by atoms with Crippen molar-refractivity contribution in [2.75, 3.05) is 18.4 Å². The van der Waals surface area contributed by atoms with Gasteiger partial charge in [-0.15, -0.1) is 0 Å². The van der Waals surface area contributed by atoms with Crippen LogP contribution in [-0.2, 0) is 4.79 Å². The lowest BCUT2D eigenvalue weighted by molar-refractivity contribution is -0.117. The number of benzene rings is 1. The minimum absolute atomic E-state index is 0.116. The van der Waals surface area contributed by atoms with Gasteiger partial charge in [0.05, 0.1) is 0 Å². The van der Waals surface area contributed by atoms with Crippen molar-refractivity contribution < 1.29 is 4.79 Å². The number of anilines is 1. The molecule has 1 aromatic rings. The second kappa shape index (κ2) is 6.34. The molecule has 18 heavy (non-hydrogen) atoms. The lowest BCUT2D eigenvalue weighted by atomic mass is 9.96. The van der Waals surface area contributed by atoms with Gasteiger partial charge in [-0.3, -0.25) is 4.79 Å². The molecule has 1 aliphatic rings. The second-order valence-electron chi connectivity index (χ2n) is 4.92. The quantitative estimate of drug-likeness (QED) is 0.901. The summed E-state index contributed by atoms with van der Waals surface area (Å²) in [5.41, 5.74) is 1.99. The fourth-order valence-electron chi connectivity index (χ4n) is 2.29. The summed E-state index contributed by atoms with van der Waals surface area (Å²) in [6, 6.07) is 5.93. The standard InChI is InChI=1S/C14H19BrN2O/c1-10-4-5-12(15)8-13(10)17-14(18)7-11-3-2-6-16-9-11/h4-5,8,11,16H,2-3,6-7,9H2,1H3,(H,17,18). The van der Waals surface area contributed by atoms with E-state index in [1.807, 2.05) is 25.1 Å². The van der Waals surface area contributed by atoms with Gasteiger partial charge in [0.1, 0.15) is 0 Å². The van der Waals surface area contributed by atoms with E-state index in [4.69, 9.17) is 0 Å². The zero-order valence-corrected chi connectivity index (χ0v) is 12.2. The van der Waals surface area contributed by atoms with E-state index < -0.39 is 0 Å². The van der Waals surface area contributed by atoms with Crippen molar-refractivity contribution in [3.05, 3.63) is 28.2 Å². The monoisotopic (exact) mass is 310 g/mol. The van der Waals surface area contributed by atoms with Crippen molar-refractivity contribution >= 4 is 27.5 Å². The average molecular weight is 311 g/mol. The number of rotatable bonds is 3. The Balaban J connectivity index is 1.92. The molecule has 3 nitrogen and oxygen atoms in total. The van der Waals surface area contributed by atoms with Crippen molar-refractivity contribution in [1.29, 1.82) is 0 Å². The van der Waals surface area contributed by atoms with E-state index in [9.17, 15) is 4.79 Å². The molecule has 0 radical (unpaired) electrons. The number of piperidine rings is 1. The summed E-state index contributed by atoms with van der Waals surface area (Å²) in [5.74, 6) is 0.594. The fourth-order valence-corrected chi connectivity index (χ4v) is 2.65. The van der Waals surface area contributed by atoms with Crippen LogP contribution in [0, 0.1) is 12.8 Å². The zero-order chi connectivity index (χ0) is 13.0. The Kier molecular flexibility index (Phi) is 4.78. The van der Waals surface area contributed by atoms with Crippen molar-refractivity contribution in [2.45, 2.75) is 26.2 Å². The van der Waals surface area contributed by atoms with Crippen LogP contribution < -0.4 is 10.6 Å². The van der Waals surface area contributed by atoms with Crippen LogP contribution in [0.2, 0.25) is 0 Å². The van der Waals surface area contributed by atoms with Gasteiger partial charge in [-0.05, 0) is 56.5 Å². The minimum atomic E-state index is 0.116. The number of amides is 1. The summed E-state index contributed by atoms with van der Waals surface area (Å²) < 4.78 is 0.989. The molecule has 1 aromatic carbocycles. The topological polar surface area (TPSA) is 41.1 Å². The smallest absolute Gasteiger partial charge is 0.224 e. The van der Waals surface area contributed by atoms with Crippen LogP contribution in [-0.4, -0.2) is 19.0 Å². The second-order valence-corrected chi connectivity index (χ2v) is 5.84. The van der Waals surface area contributed by atoms with Gasteiger partial charge in [0.15, 0.2) is 0 Å². The van der Waals surface area contributed by atoms with Crippen molar-refractivity contribution in [3.63, 3.8) is 0 Å². The van der Waals surface area contributed by atoms with Crippen LogP contribution in [0.4, 0.5) is 5.69 Å². The van der Waals surface area contributed by atoms with E-state index in [0.717, 1.165) is 35.2 Å². The number of carbonyl (C=O) groups excluding carboxylic acids is 1. The first kappa shape index (κ1) is 13.6. The van der Waals surface area contributed by atoms with Gasteiger partial charge in [-0.25, -0.2) is 0 Å². The molecule has 2 N–H and O–H groups in total. The molecule has 1 amide bonds. The lowest BCUT2D eigenvalue weighted by Crippen LogP contribution is -2.32. The highest BCUT2D eigenvalue weighted by Crippen LogP contribution is 2.22. The van der Waals surface area contributed by atoms with Crippen LogP contribution in [0.15, 0.2) is 22.7 Å². The highest BCUT2D eigenvalue weighted by molar-refractivity contribution is 9.10. The van der Waals surface area contributed by atoms with Gasteiger partial charge in [0, 0.05) is 16.6 Å². The molecule has 0 bridgehead atoms. The summed E-state index contributed by atoms with van der Waals surface area (Å²) in [5, 5.41) is 6.34. The number of halogens is 1. The zero-order valence-electron chi connectivity index (χ0n) is 10.6. The predicted molar refractivity (Wildman–Crippen MR) is 77.7 cm³/mol. The summed E-state index contributed by atoms with van der Waals surface area (Å²) >= 11 is 3.42. The van der Waals surface area contributed by atoms with Gasteiger partial charge in [0.25, 0.3) is 0 Å². The first-order valence-electron chi connectivity index (χ1n) is 6.42. The lowest BCUT2D eigenvalue weighted by Gasteiger charge is -2.22. The molecular formula is C14H19BrN2O. The van der Waals surface area contributed by atoms with Crippen molar-refractivity contribution in [3.8, 4) is 0 Å². The Morgan fingerprint density at radius 2 is 2.39 bits per heavy atom. The van der Waals surface area contributed by atoms with E-state index in [1.165, 1.54) is 6.42 Å². The summed E-state index contributed by atoms with van der Waals surface area (Å²) in [7, 11) is 0. The Labute approximate surface area is 116 Å². The third-order valence-corrected chi connectivity index (χ3v) is 3.84. The van der Waals surface area contributed by atoms with Crippen LogP contribution in [0.25, 0.3) is 0 Å². The SMILES string of the molecule is Cc1ccc(Br)cc1NC(=O)CC1CCCNC1.